The van der Waals surface area contributed by atoms with E-state index in [4.69, 9.17) is 11.6 Å². The largest absolute Gasteiger partial charge is 0.391 e. The maximum atomic E-state index is 13.4. The molecular weight excluding hydrogens is 305 g/mol. The molecule has 1 aromatic heterocycles. The van der Waals surface area contributed by atoms with Crippen LogP contribution in [0.25, 0.3) is 0 Å². The first-order valence-corrected chi connectivity index (χ1v) is 7.58. The highest BCUT2D eigenvalue weighted by Gasteiger charge is 2.31. The molecule has 4 nitrogen and oxygen atoms in total. The van der Waals surface area contributed by atoms with Gasteiger partial charge in [0.2, 0.25) is 0 Å². The molecule has 0 spiro atoms. The molecule has 0 amide bonds. The van der Waals surface area contributed by atoms with Gasteiger partial charge in [-0.3, -0.25) is 14.9 Å². The Morgan fingerprint density at radius 3 is 2.86 bits per heavy atom. The minimum Gasteiger partial charge on any atom is -0.391 e. The third-order valence-corrected chi connectivity index (χ3v) is 4.12. The fourth-order valence-electron chi connectivity index (χ4n) is 2.94. The summed E-state index contributed by atoms with van der Waals surface area (Å²) in [4.78, 5) is 10.4. The first-order valence-electron chi connectivity index (χ1n) is 7.20. The topological polar surface area (TPSA) is 49.2 Å². The van der Waals surface area contributed by atoms with E-state index >= 15 is 0 Å². The number of aromatic nitrogens is 2. The fourth-order valence-corrected chi connectivity index (χ4v) is 3.18. The average Bonchev–Trinajstić information content (AvgIpc) is 2.78. The summed E-state index contributed by atoms with van der Waals surface area (Å²) >= 11 is 5.88. The number of rotatable bonds is 4. The summed E-state index contributed by atoms with van der Waals surface area (Å²) in [5.41, 5.74) is 1.69. The van der Waals surface area contributed by atoms with Crippen LogP contribution >= 0.6 is 11.6 Å². The van der Waals surface area contributed by atoms with Crippen molar-refractivity contribution in [3.63, 3.8) is 0 Å². The van der Waals surface area contributed by atoms with Gasteiger partial charge in [0.05, 0.1) is 11.8 Å². The van der Waals surface area contributed by atoms with Crippen LogP contribution < -0.4 is 0 Å². The molecule has 2 heterocycles. The van der Waals surface area contributed by atoms with Crippen LogP contribution in [0.3, 0.4) is 0 Å². The van der Waals surface area contributed by atoms with Gasteiger partial charge >= 0.3 is 0 Å². The summed E-state index contributed by atoms with van der Waals surface area (Å²) in [5, 5.41) is 10.6. The fraction of sp³-hybridized carbons (Fsp3) is 0.375. The van der Waals surface area contributed by atoms with E-state index in [-0.39, 0.29) is 11.7 Å². The number of likely N-dealkylation sites (tertiary alicyclic amines) is 1. The lowest BCUT2D eigenvalue weighted by atomic mass is 10.0. The van der Waals surface area contributed by atoms with Gasteiger partial charge in [-0.2, -0.15) is 0 Å². The summed E-state index contributed by atoms with van der Waals surface area (Å²) in [6, 6.07) is 4.53. The molecule has 0 bridgehead atoms. The first kappa shape index (κ1) is 15.3. The van der Waals surface area contributed by atoms with E-state index in [0.29, 0.717) is 24.5 Å². The van der Waals surface area contributed by atoms with Crippen LogP contribution in [-0.4, -0.2) is 39.2 Å². The third-order valence-electron chi connectivity index (χ3n) is 3.90. The zero-order valence-electron chi connectivity index (χ0n) is 12.0. The Hall–Kier alpha value is -1.56. The minimum absolute atomic E-state index is 0.112. The molecule has 1 aliphatic heterocycles. The predicted octanol–water partition coefficient (Wildman–Crippen LogP) is 2.30. The second-order valence-corrected chi connectivity index (χ2v) is 6.14. The molecule has 3 rings (SSSR count). The molecule has 116 valence electrons. The third kappa shape index (κ3) is 3.80. The monoisotopic (exact) mass is 321 g/mol. The highest BCUT2D eigenvalue weighted by Crippen LogP contribution is 2.23. The Balaban J connectivity index is 1.63. The first-order chi connectivity index (χ1) is 10.6. The summed E-state index contributed by atoms with van der Waals surface area (Å²) in [6.07, 6.45) is 5.29. The van der Waals surface area contributed by atoms with Crippen LogP contribution in [-0.2, 0) is 13.0 Å². The molecule has 22 heavy (non-hydrogen) atoms. The lowest BCUT2D eigenvalue weighted by Gasteiger charge is -2.15. The summed E-state index contributed by atoms with van der Waals surface area (Å²) < 4.78 is 13.4. The summed E-state index contributed by atoms with van der Waals surface area (Å²) in [5.74, 6) is -0.223. The van der Waals surface area contributed by atoms with Crippen LogP contribution in [0.15, 0.2) is 36.8 Å². The lowest BCUT2D eigenvalue weighted by molar-refractivity contribution is 0.140. The Morgan fingerprint density at radius 2 is 2.14 bits per heavy atom. The number of hydrogen-bond donors (Lipinski definition) is 1. The molecule has 0 saturated carbocycles. The van der Waals surface area contributed by atoms with Crippen molar-refractivity contribution in [3.8, 4) is 0 Å². The molecule has 6 heteroatoms. The Bertz CT molecular complexity index is 620. The van der Waals surface area contributed by atoms with Crippen molar-refractivity contribution < 1.29 is 9.50 Å². The quantitative estimate of drug-likeness (QED) is 0.939. The molecule has 0 unspecified atom stereocenters. The molecule has 1 fully saturated rings. The van der Waals surface area contributed by atoms with E-state index in [1.807, 2.05) is 0 Å². The Morgan fingerprint density at radius 1 is 1.27 bits per heavy atom. The molecule has 0 radical (unpaired) electrons. The van der Waals surface area contributed by atoms with Crippen molar-refractivity contribution >= 4 is 11.6 Å². The van der Waals surface area contributed by atoms with Crippen molar-refractivity contribution in [2.24, 2.45) is 5.92 Å². The molecule has 2 aromatic rings. The number of benzene rings is 1. The van der Waals surface area contributed by atoms with Gasteiger partial charge in [0.25, 0.3) is 0 Å². The molecule has 2 atom stereocenters. The molecule has 1 aromatic carbocycles. The van der Waals surface area contributed by atoms with Gasteiger partial charge in [-0.05, 0) is 30.2 Å². The van der Waals surface area contributed by atoms with Gasteiger partial charge in [-0.1, -0.05) is 11.6 Å². The standard InChI is InChI=1S/C16H17ClFN3O/c17-13-3-11(4-14(18)6-13)8-21-9-12(16(22)10-21)5-15-7-19-1-2-20-15/h1-4,6-7,12,16,22H,5,8-10H2/t12-,16-/m1/s1. The van der Waals surface area contributed by atoms with Gasteiger partial charge in [0, 0.05) is 49.2 Å². The summed E-state index contributed by atoms with van der Waals surface area (Å²) in [6.45, 7) is 1.89. The smallest absolute Gasteiger partial charge is 0.125 e. The van der Waals surface area contributed by atoms with Crippen molar-refractivity contribution in [1.82, 2.24) is 14.9 Å². The molecule has 1 N–H and O–H groups in total. The number of nitrogens with zero attached hydrogens (tertiary/aromatic N) is 3. The normalized spacial score (nSPS) is 22.1. The van der Waals surface area contributed by atoms with Gasteiger partial charge in [0.15, 0.2) is 0 Å². The van der Waals surface area contributed by atoms with E-state index in [1.54, 1.807) is 24.7 Å². The summed E-state index contributed by atoms with van der Waals surface area (Å²) in [7, 11) is 0. The van der Waals surface area contributed by atoms with E-state index in [1.165, 1.54) is 12.1 Å². The van der Waals surface area contributed by atoms with Crippen LogP contribution in [0.4, 0.5) is 4.39 Å². The Kier molecular flexibility index (Phi) is 4.66. The van der Waals surface area contributed by atoms with E-state index < -0.39 is 6.10 Å². The average molecular weight is 322 g/mol. The highest BCUT2D eigenvalue weighted by atomic mass is 35.5. The van der Waals surface area contributed by atoms with Gasteiger partial charge in [0.1, 0.15) is 5.82 Å². The zero-order valence-corrected chi connectivity index (χ0v) is 12.7. The predicted molar refractivity (Wildman–Crippen MR) is 81.9 cm³/mol. The van der Waals surface area contributed by atoms with Crippen LogP contribution in [0.1, 0.15) is 11.3 Å². The van der Waals surface area contributed by atoms with E-state index in [2.05, 4.69) is 14.9 Å². The maximum absolute atomic E-state index is 13.4. The minimum atomic E-state index is -0.411. The van der Waals surface area contributed by atoms with E-state index in [0.717, 1.165) is 17.8 Å². The highest BCUT2D eigenvalue weighted by molar-refractivity contribution is 6.30. The number of halogens is 2. The van der Waals surface area contributed by atoms with Crippen molar-refractivity contribution in [3.05, 3.63) is 58.9 Å². The van der Waals surface area contributed by atoms with Gasteiger partial charge in [-0.15, -0.1) is 0 Å². The maximum Gasteiger partial charge on any atom is 0.125 e. The lowest BCUT2D eigenvalue weighted by Crippen LogP contribution is -2.21. The zero-order chi connectivity index (χ0) is 15.5. The van der Waals surface area contributed by atoms with Crippen LogP contribution in [0, 0.1) is 11.7 Å². The second kappa shape index (κ2) is 6.69. The Labute approximate surface area is 133 Å². The molecule has 1 saturated heterocycles. The van der Waals surface area contributed by atoms with Crippen LogP contribution in [0.2, 0.25) is 5.02 Å². The van der Waals surface area contributed by atoms with Crippen molar-refractivity contribution in [2.45, 2.75) is 19.1 Å². The molecule has 0 aliphatic carbocycles. The van der Waals surface area contributed by atoms with Gasteiger partial charge in [-0.25, -0.2) is 4.39 Å². The number of β-amino-alcohol motifs (C(OH)–C–C–N with tert-alkyl or cyclic N) is 1. The van der Waals surface area contributed by atoms with E-state index in [9.17, 15) is 9.50 Å². The second-order valence-electron chi connectivity index (χ2n) is 5.70. The SMILES string of the molecule is O[C@@H]1CN(Cc2cc(F)cc(Cl)c2)C[C@H]1Cc1cnccn1. The van der Waals surface area contributed by atoms with Crippen LogP contribution in [0.5, 0.6) is 0 Å². The number of hydrogen-bond acceptors (Lipinski definition) is 4. The number of aliphatic hydroxyl groups is 1. The van der Waals surface area contributed by atoms with Gasteiger partial charge < -0.3 is 5.11 Å². The number of aliphatic hydroxyl groups excluding tert-OH is 1. The molecular formula is C16H17ClFN3O. The van der Waals surface area contributed by atoms with Crippen molar-refractivity contribution in [2.75, 3.05) is 13.1 Å². The molecule has 1 aliphatic rings. The van der Waals surface area contributed by atoms with Crippen molar-refractivity contribution in [1.29, 1.82) is 0 Å².